The molecule has 1 heterocycles. The van der Waals surface area contributed by atoms with Crippen molar-refractivity contribution in [3.63, 3.8) is 0 Å². The first kappa shape index (κ1) is 20.7. The van der Waals surface area contributed by atoms with Gasteiger partial charge in [0.05, 0.1) is 0 Å². The van der Waals surface area contributed by atoms with Gasteiger partial charge < -0.3 is 24.4 Å². The number of carbonyl (C=O) groups excluding carboxylic acids is 1. The average molecular weight is 396 g/mol. The number of nitrogens with zero attached hydrogens (tertiary/aromatic N) is 1. The zero-order valence-corrected chi connectivity index (χ0v) is 17.1. The van der Waals surface area contributed by atoms with Crippen molar-refractivity contribution in [1.29, 1.82) is 0 Å². The number of benzene rings is 2. The molecule has 2 unspecified atom stereocenters. The maximum Gasteiger partial charge on any atom is 0.414 e. The SMILES string of the molecule is CNC(CC(Cc1ccccc1)C1=COCO1)c1cccc(OC(=O)N(C)C)c1. The van der Waals surface area contributed by atoms with Gasteiger partial charge in [0.2, 0.25) is 6.79 Å². The minimum absolute atomic E-state index is 0.0619. The van der Waals surface area contributed by atoms with Gasteiger partial charge in [-0.25, -0.2) is 4.79 Å². The highest BCUT2D eigenvalue weighted by Gasteiger charge is 2.25. The van der Waals surface area contributed by atoms with Gasteiger partial charge in [0, 0.05) is 26.1 Å². The molecule has 0 spiro atoms. The summed E-state index contributed by atoms with van der Waals surface area (Å²) < 4.78 is 16.4. The Morgan fingerprint density at radius 1 is 1.17 bits per heavy atom. The van der Waals surface area contributed by atoms with Gasteiger partial charge in [-0.05, 0) is 43.1 Å². The van der Waals surface area contributed by atoms with Gasteiger partial charge in [0.15, 0.2) is 0 Å². The van der Waals surface area contributed by atoms with Crippen molar-refractivity contribution in [3.8, 4) is 5.75 Å². The summed E-state index contributed by atoms with van der Waals surface area (Å²) in [6.07, 6.45) is 2.98. The van der Waals surface area contributed by atoms with Crippen LogP contribution in [0.5, 0.6) is 5.75 Å². The lowest BCUT2D eigenvalue weighted by atomic mass is 9.88. The molecule has 154 valence electrons. The van der Waals surface area contributed by atoms with E-state index in [1.165, 1.54) is 10.5 Å². The molecule has 0 saturated carbocycles. The van der Waals surface area contributed by atoms with E-state index in [0.717, 1.165) is 24.2 Å². The summed E-state index contributed by atoms with van der Waals surface area (Å²) in [7, 11) is 5.26. The molecule has 0 radical (unpaired) electrons. The quantitative estimate of drug-likeness (QED) is 0.728. The number of allylic oxidation sites excluding steroid dienone is 1. The molecule has 2 atom stereocenters. The van der Waals surface area contributed by atoms with Crippen LogP contribution >= 0.6 is 0 Å². The second kappa shape index (κ2) is 9.98. The zero-order valence-electron chi connectivity index (χ0n) is 17.1. The van der Waals surface area contributed by atoms with Crippen LogP contribution in [0.4, 0.5) is 4.79 Å². The van der Waals surface area contributed by atoms with E-state index in [2.05, 4.69) is 17.4 Å². The Labute approximate surface area is 172 Å². The molecule has 0 saturated heterocycles. The van der Waals surface area contributed by atoms with Crippen LogP contribution in [0.3, 0.4) is 0 Å². The van der Waals surface area contributed by atoms with Gasteiger partial charge in [-0.1, -0.05) is 42.5 Å². The van der Waals surface area contributed by atoms with E-state index >= 15 is 0 Å². The zero-order chi connectivity index (χ0) is 20.6. The third-order valence-electron chi connectivity index (χ3n) is 4.92. The van der Waals surface area contributed by atoms with Crippen LogP contribution in [0.1, 0.15) is 23.6 Å². The largest absolute Gasteiger partial charge is 0.462 e. The monoisotopic (exact) mass is 396 g/mol. The predicted octanol–water partition coefficient (Wildman–Crippen LogP) is 4.10. The molecule has 1 aliphatic rings. The Balaban J connectivity index is 1.77. The first-order valence-corrected chi connectivity index (χ1v) is 9.71. The Morgan fingerprint density at radius 2 is 1.97 bits per heavy atom. The van der Waals surface area contributed by atoms with Crippen molar-refractivity contribution in [3.05, 3.63) is 77.7 Å². The van der Waals surface area contributed by atoms with Crippen molar-refractivity contribution < 1.29 is 19.0 Å². The molecule has 2 aromatic rings. The lowest BCUT2D eigenvalue weighted by Gasteiger charge is -2.24. The summed E-state index contributed by atoms with van der Waals surface area (Å²) in [5.74, 6) is 1.55. The molecule has 2 aromatic carbocycles. The molecule has 1 aliphatic heterocycles. The van der Waals surface area contributed by atoms with Gasteiger partial charge in [-0.2, -0.15) is 0 Å². The maximum atomic E-state index is 11.9. The molecule has 6 nitrogen and oxygen atoms in total. The van der Waals surface area contributed by atoms with Crippen LogP contribution < -0.4 is 10.1 Å². The number of amides is 1. The summed E-state index contributed by atoms with van der Waals surface area (Å²) in [6.45, 7) is 0.265. The molecule has 0 bridgehead atoms. The van der Waals surface area contributed by atoms with Gasteiger partial charge in [0.25, 0.3) is 0 Å². The molecule has 29 heavy (non-hydrogen) atoms. The van der Waals surface area contributed by atoms with E-state index in [0.29, 0.717) is 5.75 Å². The predicted molar refractivity (Wildman–Crippen MR) is 111 cm³/mol. The topological polar surface area (TPSA) is 60.0 Å². The van der Waals surface area contributed by atoms with Gasteiger partial charge in [-0.15, -0.1) is 0 Å². The first-order valence-electron chi connectivity index (χ1n) is 9.71. The van der Waals surface area contributed by atoms with E-state index < -0.39 is 6.09 Å². The van der Waals surface area contributed by atoms with E-state index in [1.807, 2.05) is 43.4 Å². The Kier molecular flexibility index (Phi) is 7.14. The molecule has 1 N–H and O–H groups in total. The van der Waals surface area contributed by atoms with Crippen LogP contribution in [0, 0.1) is 5.92 Å². The van der Waals surface area contributed by atoms with Crippen LogP contribution in [0.15, 0.2) is 66.6 Å². The van der Waals surface area contributed by atoms with E-state index in [4.69, 9.17) is 14.2 Å². The molecule has 0 aromatic heterocycles. The second-order valence-corrected chi connectivity index (χ2v) is 7.25. The van der Waals surface area contributed by atoms with Crippen LogP contribution in [0.2, 0.25) is 0 Å². The minimum atomic E-state index is -0.397. The van der Waals surface area contributed by atoms with Crippen molar-refractivity contribution in [2.75, 3.05) is 27.9 Å². The van der Waals surface area contributed by atoms with Crippen LogP contribution in [0.25, 0.3) is 0 Å². The van der Waals surface area contributed by atoms with Gasteiger partial charge in [0.1, 0.15) is 17.8 Å². The van der Waals surface area contributed by atoms with E-state index in [-0.39, 0.29) is 18.8 Å². The fraction of sp³-hybridized carbons (Fsp3) is 0.348. The number of ether oxygens (including phenoxy) is 3. The minimum Gasteiger partial charge on any atom is -0.462 e. The maximum absolute atomic E-state index is 11.9. The lowest BCUT2D eigenvalue weighted by Crippen LogP contribution is -2.25. The fourth-order valence-corrected chi connectivity index (χ4v) is 3.36. The summed E-state index contributed by atoms with van der Waals surface area (Å²) >= 11 is 0. The first-order chi connectivity index (χ1) is 14.1. The molecular weight excluding hydrogens is 368 g/mol. The third kappa shape index (κ3) is 5.74. The Hall–Kier alpha value is -2.99. The van der Waals surface area contributed by atoms with Crippen LogP contribution in [-0.2, 0) is 15.9 Å². The standard InChI is InChI=1S/C23H28N2O4/c1-24-21(18-10-7-11-20(13-18)29-23(26)25(2)3)14-19(22-15-27-16-28-22)12-17-8-5-4-6-9-17/h4-11,13,15,19,21,24H,12,14,16H2,1-3H3. The highest BCUT2D eigenvalue weighted by atomic mass is 16.7. The molecule has 6 heteroatoms. The van der Waals surface area contributed by atoms with E-state index in [9.17, 15) is 4.79 Å². The number of hydrogen-bond acceptors (Lipinski definition) is 5. The number of hydrogen-bond donors (Lipinski definition) is 1. The molecular formula is C23H28N2O4. The molecule has 0 aliphatic carbocycles. The van der Waals surface area contributed by atoms with Crippen molar-refractivity contribution in [2.45, 2.75) is 18.9 Å². The Bertz CT molecular complexity index is 836. The van der Waals surface area contributed by atoms with Crippen molar-refractivity contribution in [1.82, 2.24) is 10.2 Å². The second-order valence-electron chi connectivity index (χ2n) is 7.25. The number of rotatable bonds is 8. The van der Waals surface area contributed by atoms with E-state index in [1.54, 1.807) is 26.4 Å². The summed E-state index contributed by atoms with van der Waals surface area (Å²) in [5, 5.41) is 3.39. The molecule has 1 amide bonds. The van der Waals surface area contributed by atoms with Crippen molar-refractivity contribution >= 4 is 6.09 Å². The highest BCUT2D eigenvalue weighted by Crippen LogP contribution is 2.32. The average Bonchev–Trinajstić information content (AvgIpc) is 3.27. The normalized spacial score (nSPS) is 14.9. The highest BCUT2D eigenvalue weighted by molar-refractivity contribution is 5.70. The Morgan fingerprint density at radius 3 is 2.62 bits per heavy atom. The fourth-order valence-electron chi connectivity index (χ4n) is 3.36. The summed E-state index contributed by atoms with van der Waals surface area (Å²) in [5.41, 5.74) is 2.30. The number of nitrogens with one attached hydrogen (secondary N) is 1. The van der Waals surface area contributed by atoms with Crippen LogP contribution in [-0.4, -0.2) is 38.9 Å². The van der Waals surface area contributed by atoms with Gasteiger partial charge >= 0.3 is 6.09 Å². The lowest BCUT2D eigenvalue weighted by molar-refractivity contribution is 0.0688. The smallest absolute Gasteiger partial charge is 0.414 e. The molecule has 3 rings (SSSR count). The summed E-state index contributed by atoms with van der Waals surface area (Å²) in [4.78, 5) is 13.3. The summed E-state index contributed by atoms with van der Waals surface area (Å²) in [6, 6.07) is 18.1. The van der Waals surface area contributed by atoms with Crippen molar-refractivity contribution in [2.24, 2.45) is 5.92 Å². The third-order valence-corrected chi connectivity index (χ3v) is 4.92. The number of carbonyl (C=O) groups is 1. The van der Waals surface area contributed by atoms with Gasteiger partial charge in [-0.3, -0.25) is 0 Å². The molecule has 0 fully saturated rings.